The number of aromatic nitrogens is 1. The minimum absolute atomic E-state index is 0.213. The number of pyridine rings is 1. The van der Waals surface area contributed by atoms with E-state index >= 15 is 0 Å². The average Bonchev–Trinajstić information content (AvgIpc) is 2.74. The minimum Gasteiger partial charge on any atom is -0.445 e. The number of nitrogens with zero attached hydrogens (tertiary/aromatic N) is 1. The van der Waals surface area contributed by atoms with Crippen LogP contribution in [-0.2, 0) is 11.3 Å². The lowest BCUT2D eigenvalue weighted by Gasteiger charge is -2.16. The molecule has 3 aromatic carbocycles. The molecule has 152 valence electrons. The Morgan fingerprint density at radius 1 is 0.933 bits per heavy atom. The highest BCUT2D eigenvalue weighted by molar-refractivity contribution is 6.09. The van der Waals surface area contributed by atoms with Gasteiger partial charge in [0.15, 0.2) is 0 Å². The molecule has 0 saturated carbocycles. The standard InChI is InChI=1S/C25H25N3O2/c1-15-8-9-22-20(10-15)24(21-11-16(2)17(3)12-23(21)28-22)27-19-7-5-6-18(13-19)14-30-25(29)26-4/h5-13H,14H2,1-4H3,(H,26,29)(H,27,28). The van der Waals surface area contributed by atoms with E-state index in [9.17, 15) is 4.79 Å². The quantitative estimate of drug-likeness (QED) is 0.419. The zero-order valence-electron chi connectivity index (χ0n) is 17.7. The van der Waals surface area contributed by atoms with Crippen LogP contribution in [-0.4, -0.2) is 18.1 Å². The zero-order chi connectivity index (χ0) is 21.3. The van der Waals surface area contributed by atoms with Crippen LogP contribution in [0.1, 0.15) is 22.3 Å². The third-order valence-corrected chi connectivity index (χ3v) is 5.31. The molecule has 5 heteroatoms. The lowest BCUT2D eigenvalue weighted by atomic mass is 10.0. The van der Waals surface area contributed by atoms with Crippen molar-refractivity contribution < 1.29 is 9.53 Å². The fraction of sp³-hybridized carbons (Fsp3) is 0.200. The molecule has 0 radical (unpaired) electrons. The maximum absolute atomic E-state index is 11.4. The van der Waals surface area contributed by atoms with Gasteiger partial charge in [0.05, 0.1) is 16.7 Å². The number of benzene rings is 3. The molecule has 0 bridgehead atoms. The van der Waals surface area contributed by atoms with Crippen molar-refractivity contribution in [3.05, 3.63) is 76.9 Å². The number of fused-ring (bicyclic) bond motifs is 2. The highest BCUT2D eigenvalue weighted by Gasteiger charge is 2.12. The number of anilines is 2. The van der Waals surface area contributed by atoms with Crippen LogP contribution in [0.25, 0.3) is 21.8 Å². The molecule has 1 amide bonds. The van der Waals surface area contributed by atoms with Gasteiger partial charge in [-0.2, -0.15) is 0 Å². The topological polar surface area (TPSA) is 63.2 Å². The van der Waals surface area contributed by atoms with Gasteiger partial charge in [0, 0.05) is 23.5 Å². The summed E-state index contributed by atoms with van der Waals surface area (Å²) < 4.78 is 5.18. The normalized spacial score (nSPS) is 10.9. The van der Waals surface area contributed by atoms with Crippen molar-refractivity contribution in [2.24, 2.45) is 0 Å². The Balaban J connectivity index is 1.82. The predicted molar refractivity (Wildman–Crippen MR) is 122 cm³/mol. The first-order valence-electron chi connectivity index (χ1n) is 9.96. The summed E-state index contributed by atoms with van der Waals surface area (Å²) in [5.41, 5.74) is 8.44. The summed E-state index contributed by atoms with van der Waals surface area (Å²) in [4.78, 5) is 16.3. The van der Waals surface area contributed by atoms with Gasteiger partial charge in [0.2, 0.25) is 0 Å². The van der Waals surface area contributed by atoms with Gasteiger partial charge in [-0.15, -0.1) is 0 Å². The molecule has 5 nitrogen and oxygen atoms in total. The number of amides is 1. The molecule has 2 N–H and O–H groups in total. The number of alkyl carbamates (subject to hydrolysis) is 1. The van der Waals surface area contributed by atoms with E-state index < -0.39 is 6.09 Å². The molecule has 0 aliphatic carbocycles. The molecule has 30 heavy (non-hydrogen) atoms. The van der Waals surface area contributed by atoms with Crippen LogP contribution in [0.5, 0.6) is 0 Å². The Morgan fingerprint density at radius 3 is 2.50 bits per heavy atom. The van der Waals surface area contributed by atoms with Crippen LogP contribution in [0.15, 0.2) is 54.6 Å². The van der Waals surface area contributed by atoms with E-state index in [1.807, 2.05) is 24.3 Å². The summed E-state index contributed by atoms with van der Waals surface area (Å²) in [5.74, 6) is 0. The van der Waals surface area contributed by atoms with Gasteiger partial charge in [0.1, 0.15) is 6.61 Å². The van der Waals surface area contributed by atoms with Crippen molar-refractivity contribution >= 4 is 39.3 Å². The third-order valence-electron chi connectivity index (χ3n) is 5.31. The van der Waals surface area contributed by atoms with Crippen LogP contribution in [0.2, 0.25) is 0 Å². The molecular weight excluding hydrogens is 374 g/mol. The fourth-order valence-corrected chi connectivity index (χ4v) is 3.56. The van der Waals surface area contributed by atoms with Crippen LogP contribution in [0.3, 0.4) is 0 Å². The van der Waals surface area contributed by atoms with Crippen molar-refractivity contribution in [1.29, 1.82) is 0 Å². The number of ether oxygens (including phenoxy) is 1. The van der Waals surface area contributed by atoms with E-state index in [0.29, 0.717) is 0 Å². The van der Waals surface area contributed by atoms with Crippen molar-refractivity contribution in [2.75, 3.05) is 12.4 Å². The van der Waals surface area contributed by atoms with Gasteiger partial charge < -0.3 is 15.4 Å². The number of carbonyl (C=O) groups excluding carboxylic acids is 1. The highest BCUT2D eigenvalue weighted by Crippen LogP contribution is 2.35. The van der Waals surface area contributed by atoms with E-state index in [0.717, 1.165) is 38.7 Å². The third kappa shape index (κ3) is 3.92. The molecule has 0 aliphatic heterocycles. The number of rotatable bonds is 4. The Morgan fingerprint density at radius 2 is 1.70 bits per heavy atom. The van der Waals surface area contributed by atoms with E-state index in [-0.39, 0.29) is 6.61 Å². The van der Waals surface area contributed by atoms with E-state index in [2.05, 4.69) is 61.7 Å². The number of nitrogens with one attached hydrogen (secondary N) is 2. The summed E-state index contributed by atoms with van der Waals surface area (Å²) in [5, 5.41) is 8.24. The molecular formula is C25H25N3O2. The van der Waals surface area contributed by atoms with Gasteiger partial charge in [-0.3, -0.25) is 0 Å². The first-order valence-corrected chi connectivity index (χ1v) is 9.96. The first-order chi connectivity index (χ1) is 14.4. The van der Waals surface area contributed by atoms with Gasteiger partial charge in [-0.25, -0.2) is 9.78 Å². The number of carbonyl (C=O) groups is 1. The van der Waals surface area contributed by atoms with Gasteiger partial charge in [-0.1, -0.05) is 23.8 Å². The lowest BCUT2D eigenvalue weighted by molar-refractivity contribution is 0.142. The predicted octanol–water partition coefficient (Wildman–Crippen LogP) is 5.91. The largest absolute Gasteiger partial charge is 0.445 e. The Labute approximate surface area is 176 Å². The van der Waals surface area contributed by atoms with E-state index in [1.54, 1.807) is 7.05 Å². The smallest absolute Gasteiger partial charge is 0.407 e. The van der Waals surface area contributed by atoms with Crippen LogP contribution in [0.4, 0.5) is 16.2 Å². The second kappa shape index (κ2) is 8.03. The van der Waals surface area contributed by atoms with Crippen LogP contribution in [0, 0.1) is 20.8 Å². The first kappa shape index (κ1) is 19.7. The molecule has 1 aromatic heterocycles. The molecule has 4 rings (SSSR count). The molecule has 0 spiro atoms. The van der Waals surface area contributed by atoms with Crippen molar-refractivity contribution in [2.45, 2.75) is 27.4 Å². The van der Waals surface area contributed by atoms with Crippen molar-refractivity contribution in [1.82, 2.24) is 10.3 Å². The SMILES string of the molecule is CNC(=O)OCc1cccc(Nc2c3cc(C)ccc3nc3cc(C)c(C)cc23)c1. The Kier molecular flexibility index (Phi) is 5.27. The van der Waals surface area contributed by atoms with Gasteiger partial charge in [0.25, 0.3) is 0 Å². The number of hydrogen-bond donors (Lipinski definition) is 2. The molecule has 4 aromatic rings. The maximum atomic E-state index is 11.4. The van der Waals surface area contributed by atoms with Crippen molar-refractivity contribution in [3.63, 3.8) is 0 Å². The second-order valence-electron chi connectivity index (χ2n) is 7.61. The highest BCUT2D eigenvalue weighted by atomic mass is 16.5. The summed E-state index contributed by atoms with van der Waals surface area (Å²) >= 11 is 0. The summed E-state index contributed by atoms with van der Waals surface area (Å²) in [6, 6.07) is 18.6. The molecule has 1 heterocycles. The van der Waals surface area contributed by atoms with Crippen LogP contribution >= 0.6 is 0 Å². The Hall–Kier alpha value is -3.60. The second-order valence-corrected chi connectivity index (χ2v) is 7.61. The molecule has 0 aliphatic rings. The molecule has 0 atom stereocenters. The summed E-state index contributed by atoms with van der Waals surface area (Å²) in [7, 11) is 1.55. The lowest BCUT2D eigenvalue weighted by Crippen LogP contribution is -2.18. The molecule has 0 unspecified atom stereocenters. The zero-order valence-corrected chi connectivity index (χ0v) is 17.7. The van der Waals surface area contributed by atoms with Crippen LogP contribution < -0.4 is 10.6 Å². The maximum Gasteiger partial charge on any atom is 0.407 e. The van der Waals surface area contributed by atoms with E-state index in [1.165, 1.54) is 16.7 Å². The number of hydrogen-bond acceptors (Lipinski definition) is 4. The Bertz CT molecular complexity index is 1260. The van der Waals surface area contributed by atoms with E-state index in [4.69, 9.17) is 9.72 Å². The monoisotopic (exact) mass is 399 g/mol. The van der Waals surface area contributed by atoms with Gasteiger partial charge in [-0.05, 0) is 73.9 Å². The minimum atomic E-state index is -0.444. The summed E-state index contributed by atoms with van der Waals surface area (Å²) in [6.45, 7) is 6.53. The average molecular weight is 399 g/mol. The number of aryl methyl sites for hydroxylation is 3. The van der Waals surface area contributed by atoms with Gasteiger partial charge >= 0.3 is 6.09 Å². The molecule has 0 fully saturated rings. The fourth-order valence-electron chi connectivity index (χ4n) is 3.56. The van der Waals surface area contributed by atoms with Crippen molar-refractivity contribution in [3.8, 4) is 0 Å². The summed E-state index contributed by atoms with van der Waals surface area (Å²) in [6.07, 6.45) is -0.444. The molecule has 0 saturated heterocycles.